The minimum Gasteiger partial charge on any atom is -0.450 e. The summed E-state index contributed by atoms with van der Waals surface area (Å²) in [4.78, 5) is 25.9. The van der Waals surface area contributed by atoms with Gasteiger partial charge in [-0.25, -0.2) is 13.2 Å². The summed E-state index contributed by atoms with van der Waals surface area (Å²) < 4.78 is 39.3. The Hall–Kier alpha value is -3.78. The molecule has 0 unspecified atom stereocenters. The number of sulfonamides is 1. The molecule has 1 saturated heterocycles. The minimum absolute atomic E-state index is 0.0456. The lowest BCUT2D eigenvalue weighted by Crippen LogP contribution is -2.50. The van der Waals surface area contributed by atoms with Crippen LogP contribution in [0.25, 0.3) is 11.6 Å². The molecule has 0 bridgehead atoms. The Morgan fingerprint density at radius 3 is 2.40 bits per heavy atom. The van der Waals surface area contributed by atoms with Crippen molar-refractivity contribution in [3.8, 4) is 11.6 Å². The maximum atomic E-state index is 13.0. The fourth-order valence-electron chi connectivity index (χ4n) is 3.46. The summed E-state index contributed by atoms with van der Waals surface area (Å²) in [7, 11) is -2.00. The Kier molecular flexibility index (Phi) is 6.84. The summed E-state index contributed by atoms with van der Waals surface area (Å²) in [6.45, 7) is 4.63. The minimum atomic E-state index is -3.78. The molecule has 0 atom stereocenters. The van der Waals surface area contributed by atoms with E-state index in [2.05, 4.69) is 20.6 Å². The maximum absolute atomic E-state index is 13.0. The summed E-state index contributed by atoms with van der Waals surface area (Å²) in [6, 6.07) is 7.18. The van der Waals surface area contributed by atoms with Crippen LogP contribution in [0, 0.1) is 6.92 Å². The molecule has 13 nitrogen and oxygen atoms in total. The number of hydrogen-bond acceptors (Lipinski definition) is 9. The molecular weight excluding hydrogens is 478 g/mol. The van der Waals surface area contributed by atoms with E-state index in [-0.39, 0.29) is 55.2 Å². The van der Waals surface area contributed by atoms with Crippen LogP contribution in [0.5, 0.6) is 0 Å². The van der Waals surface area contributed by atoms with E-state index in [9.17, 15) is 18.0 Å². The van der Waals surface area contributed by atoms with Crippen LogP contribution in [0.3, 0.4) is 0 Å². The zero-order valence-corrected chi connectivity index (χ0v) is 20.3. The number of carbonyl (C=O) groups is 2. The van der Waals surface area contributed by atoms with Gasteiger partial charge in [-0.05, 0) is 44.2 Å². The summed E-state index contributed by atoms with van der Waals surface area (Å²) in [5, 5.41) is 14.4. The van der Waals surface area contributed by atoms with Gasteiger partial charge in [-0.3, -0.25) is 14.8 Å². The monoisotopic (exact) mass is 503 g/mol. The molecule has 0 spiro atoms. The lowest BCUT2D eigenvalue weighted by Gasteiger charge is -2.33. The van der Waals surface area contributed by atoms with E-state index in [0.29, 0.717) is 5.69 Å². The van der Waals surface area contributed by atoms with Crippen molar-refractivity contribution >= 4 is 28.0 Å². The van der Waals surface area contributed by atoms with E-state index < -0.39 is 22.0 Å². The molecule has 2 amide bonds. The standard InChI is InChI=1S/C21H25N7O6S/c1-4-33-21(30)27-9-11-28(12-10-27)35(31,32)16-7-5-15(6-8-16)18(29)22-20-24-23-19(34-20)17-13-14(2)26(3)25-17/h5-8,13H,4,9-12H2,1-3H3,(H,22,24,29). The van der Waals surface area contributed by atoms with Crippen LogP contribution >= 0.6 is 0 Å². The number of ether oxygens (including phenoxy) is 1. The number of aromatic nitrogens is 4. The first-order valence-corrected chi connectivity index (χ1v) is 12.3. The normalized spacial score (nSPS) is 14.7. The third kappa shape index (κ3) is 5.17. The first kappa shape index (κ1) is 24.3. The molecule has 2 aromatic heterocycles. The molecule has 1 fully saturated rings. The fraction of sp³-hybridized carbons (Fsp3) is 0.381. The van der Waals surface area contributed by atoms with E-state index in [0.717, 1.165) is 5.69 Å². The Balaban J connectivity index is 1.38. The molecule has 0 saturated carbocycles. The largest absolute Gasteiger partial charge is 0.450 e. The third-order valence-electron chi connectivity index (χ3n) is 5.50. The number of nitrogens with one attached hydrogen (secondary N) is 1. The highest BCUT2D eigenvalue weighted by Gasteiger charge is 2.30. The number of benzene rings is 1. The molecule has 35 heavy (non-hydrogen) atoms. The smallest absolute Gasteiger partial charge is 0.409 e. The topological polar surface area (TPSA) is 153 Å². The Labute approximate surface area is 201 Å². The van der Waals surface area contributed by atoms with Gasteiger partial charge in [0.15, 0.2) is 0 Å². The van der Waals surface area contributed by atoms with Crippen molar-refractivity contribution in [1.82, 2.24) is 29.2 Å². The summed E-state index contributed by atoms with van der Waals surface area (Å²) in [5.74, 6) is -0.377. The first-order valence-electron chi connectivity index (χ1n) is 10.9. The molecule has 3 heterocycles. The van der Waals surface area contributed by atoms with E-state index in [4.69, 9.17) is 9.15 Å². The second-order valence-corrected chi connectivity index (χ2v) is 9.71. The molecule has 1 aromatic carbocycles. The quantitative estimate of drug-likeness (QED) is 0.527. The average Bonchev–Trinajstić information content (AvgIpc) is 3.45. The zero-order chi connectivity index (χ0) is 25.2. The van der Waals surface area contributed by atoms with Crippen LogP contribution in [0.1, 0.15) is 23.0 Å². The zero-order valence-electron chi connectivity index (χ0n) is 19.5. The van der Waals surface area contributed by atoms with Crippen molar-refractivity contribution < 1.29 is 27.2 Å². The number of anilines is 1. The predicted octanol–water partition coefficient (Wildman–Crippen LogP) is 1.49. The van der Waals surface area contributed by atoms with Crippen molar-refractivity contribution in [3.05, 3.63) is 41.6 Å². The number of carbonyl (C=O) groups excluding carboxylic acids is 2. The van der Waals surface area contributed by atoms with E-state index in [1.807, 2.05) is 6.92 Å². The second-order valence-electron chi connectivity index (χ2n) is 7.78. The highest BCUT2D eigenvalue weighted by Crippen LogP contribution is 2.21. The predicted molar refractivity (Wildman–Crippen MR) is 123 cm³/mol. The van der Waals surface area contributed by atoms with Crippen LogP contribution in [-0.2, 0) is 21.8 Å². The van der Waals surface area contributed by atoms with E-state index in [1.54, 1.807) is 24.7 Å². The molecule has 1 aliphatic rings. The van der Waals surface area contributed by atoms with Gasteiger partial charge in [-0.1, -0.05) is 5.10 Å². The molecule has 0 radical (unpaired) electrons. The van der Waals surface area contributed by atoms with Crippen LogP contribution < -0.4 is 5.32 Å². The van der Waals surface area contributed by atoms with Crippen LogP contribution in [0.2, 0.25) is 0 Å². The van der Waals surface area contributed by atoms with Crippen LogP contribution in [0.4, 0.5) is 10.8 Å². The number of aryl methyl sites for hydroxylation is 2. The fourth-order valence-corrected chi connectivity index (χ4v) is 4.89. The van der Waals surface area contributed by atoms with Gasteiger partial charge < -0.3 is 14.1 Å². The van der Waals surface area contributed by atoms with Gasteiger partial charge in [0.2, 0.25) is 10.0 Å². The number of nitrogens with zero attached hydrogens (tertiary/aromatic N) is 6. The summed E-state index contributed by atoms with van der Waals surface area (Å²) in [5.41, 5.74) is 1.60. The van der Waals surface area contributed by atoms with Gasteiger partial charge in [0.25, 0.3) is 11.8 Å². The van der Waals surface area contributed by atoms with Gasteiger partial charge in [-0.15, -0.1) is 5.10 Å². The van der Waals surface area contributed by atoms with Gasteiger partial charge in [0, 0.05) is 44.5 Å². The Bertz CT molecular complexity index is 1300. The van der Waals surface area contributed by atoms with Crippen molar-refractivity contribution in [3.63, 3.8) is 0 Å². The van der Waals surface area contributed by atoms with Crippen molar-refractivity contribution in [1.29, 1.82) is 0 Å². The number of piperazine rings is 1. The second kappa shape index (κ2) is 9.84. The van der Waals surface area contributed by atoms with Gasteiger partial charge in [0.1, 0.15) is 5.69 Å². The highest BCUT2D eigenvalue weighted by molar-refractivity contribution is 7.89. The van der Waals surface area contributed by atoms with Gasteiger partial charge in [0.05, 0.1) is 11.5 Å². The first-order chi connectivity index (χ1) is 16.7. The molecule has 1 N–H and O–H groups in total. The van der Waals surface area contributed by atoms with Gasteiger partial charge in [-0.2, -0.15) is 9.40 Å². The molecule has 1 aliphatic heterocycles. The molecule has 0 aliphatic carbocycles. The molecule has 14 heteroatoms. The van der Waals surface area contributed by atoms with Crippen molar-refractivity contribution in [2.75, 3.05) is 38.1 Å². The Morgan fingerprint density at radius 2 is 1.80 bits per heavy atom. The van der Waals surface area contributed by atoms with E-state index in [1.165, 1.54) is 33.5 Å². The maximum Gasteiger partial charge on any atom is 0.409 e. The Morgan fingerprint density at radius 1 is 1.11 bits per heavy atom. The van der Waals surface area contributed by atoms with Crippen LogP contribution in [0.15, 0.2) is 39.6 Å². The van der Waals surface area contributed by atoms with Crippen LogP contribution in [-0.4, -0.2) is 82.4 Å². The van der Waals surface area contributed by atoms with E-state index >= 15 is 0 Å². The molecule has 186 valence electrons. The van der Waals surface area contributed by atoms with Gasteiger partial charge >= 0.3 is 12.1 Å². The van der Waals surface area contributed by atoms with Crippen molar-refractivity contribution in [2.45, 2.75) is 18.7 Å². The average molecular weight is 504 g/mol. The third-order valence-corrected chi connectivity index (χ3v) is 7.41. The number of rotatable bonds is 6. The SMILES string of the molecule is CCOC(=O)N1CCN(S(=O)(=O)c2ccc(C(=O)Nc3nnc(-c4cc(C)n(C)n4)o3)cc2)CC1. The lowest BCUT2D eigenvalue weighted by molar-refractivity contribution is 0.0933. The number of hydrogen-bond donors (Lipinski definition) is 1. The summed E-state index contributed by atoms with van der Waals surface area (Å²) >= 11 is 0. The molecule has 3 aromatic rings. The van der Waals surface area contributed by atoms with Crippen molar-refractivity contribution in [2.24, 2.45) is 7.05 Å². The summed E-state index contributed by atoms with van der Waals surface area (Å²) in [6.07, 6.45) is -0.455. The molecular formula is C21H25N7O6S. The number of amides is 2. The lowest BCUT2D eigenvalue weighted by atomic mass is 10.2. The molecule has 4 rings (SSSR count). The highest BCUT2D eigenvalue weighted by atomic mass is 32.2.